The van der Waals surface area contributed by atoms with Gasteiger partial charge < -0.3 is 10.5 Å². The van der Waals surface area contributed by atoms with Crippen molar-refractivity contribution in [1.29, 1.82) is 0 Å². The molecule has 5 nitrogen and oxygen atoms in total. The first kappa shape index (κ1) is 15.8. The third-order valence-electron chi connectivity index (χ3n) is 2.83. The van der Waals surface area contributed by atoms with Crippen molar-refractivity contribution < 1.29 is 9.66 Å². The topological polar surface area (TPSA) is 78.4 Å². The zero-order valence-corrected chi connectivity index (χ0v) is 13.4. The van der Waals surface area contributed by atoms with Crippen LogP contribution in [0.15, 0.2) is 40.9 Å². The van der Waals surface area contributed by atoms with Crippen molar-refractivity contribution in [3.05, 3.63) is 61.6 Å². The van der Waals surface area contributed by atoms with Crippen LogP contribution in [-0.4, -0.2) is 4.92 Å². The third kappa shape index (κ3) is 3.53. The molecule has 2 aromatic rings. The SMILES string of the molecule is CC(N)c1ccc(Oc2c(Br)cccc2[N+](=O)[O-])cc1Cl. The second kappa shape index (κ2) is 6.43. The summed E-state index contributed by atoms with van der Waals surface area (Å²) >= 11 is 9.37. The summed E-state index contributed by atoms with van der Waals surface area (Å²) in [6.07, 6.45) is 0. The standard InChI is InChI=1S/C14H12BrClN2O3/c1-8(17)10-6-5-9(7-12(10)16)21-14-11(15)3-2-4-13(14)18(19)20/h2-8H,17H2,1H3. The van der Waals surface area contributed by atoms with Gasteiger partial charge in [-0.3, -0.25) is 10.1 Å². The van der Waals surface area contributed by atoms with Gasteiger partial charge in [0.15, 0.2) is 0 Å². The maximum absolute atomic E-state index is 11.0. The maximum Gasteiger partial charge on any atom is 0.312 e. The Hall–Kier alpha value is -1.63. The van der Waals surface area contributed by atoms with E-state index < -0.39 is 4.92 Å². The van der Waals surface area contributed by atoms with E-state index in [0.717, 1.165) is 5.56 Å². The summed E-state index contributed by atoms with van der Waals surface area (Å²) in [4.78, 5) is 10.5. The first-order chi connectivity index (χ1) is 9.90. The number of nitro groups is 1. The summed E-state index contributed by atoms with van der Waals surface area (Å²) in [5.74, 6) is 0.534. The molecular weight excluding hydrogens is 360 g/mol. The van der Waals surface area contributed by atoms with Crippen molar-refractivity contribution in [2.75, 3.05) is 0 Å². The van der Waals surface area contributed by atoms with Gasteiger partial charge in [0.05, 0.1) is 9.40 Å². The highest BCUT2D eigenvalue weighted by Gasteiger charge is 2.19. The Labute approximate surface area is 134 Å². The number of nitrogens with two attached hydrogens (primary N) is 1. The Kier molecular flexibility index (Phi) is 4.82. The van der Waals surface area contributed by atoms with Crippen LogP contribution in [0.1, 0.15) is 18.5 Å². The van der Waals surface area contributed by atoms with E-state index in [1.165, 1.54) is 6.07 Å². The first-order valence-corrected chi connectivity index (χ1v) is 7.23. The predicted molar refractivity (Wildman–Crippen MR) is 84.9 cm³/mol. The van der Waals surface area contributed by atoms with Crippen LogP contribution in [-0.2, 0) is 0 Å². The molecule has 21 heavy (non-hydrogen) atoms. The van der Waals surface area contributed by atoms with E-state index in [1.807, 2.05) is 6.92 Å². The van der Waals surface area contributed by atoms with E-state index in [2.05, 4.69) is 15.9 Å². The van der Waals surface area contributed by atoms with Crippen LogP contribution in [0.3, 0.4) is 0 Å². The molecule has 1 unspecified atom stereocenters. The van der Waals surface area contributed by atoms with Gasteiger partial charge in [-0.25, -0.2) is 0 Å². The molecule has 0 saturated carbocycles. The normalized spacial score (nSPS) is 12.0. The van der Waals surface area contributed by atoms with Crippen molar-refractivity contribution in [1.82, 2.24) is 0 Å². The Morgan fingerprint density at radius 2 is 2.10 bits per heavy atom. The van der Waals surface area contributed by atoms with Crippen LogP contribution in [0, 0.1) is 10.1 Å². The summed E-state index contributed by atoms with van der Waals surface area (Å²) in [5.41, 5.74) is 6.44. The molecule has 2 aromatic carbocycles. The summed E-state index contributed by atoms with van der Waals surface area (Å²) in [7, 11) is 0. The fraction of sp³-hybridized carbons (Fsp3) is 0.143. The van der Waals surface area contributed by atoms with E-state index in [-0.39, 0.29) is 17.5 Å². The van der Waals surface area contributed by atoms with Crippen molar-refractivity contribution >= 4 is 33.2 Å². The number of para-hydroxylation sites is 1. The van der Waals surface area contributed by atoms with Crippen molar-refractivity contribution in [2.24, 2.45) is 5.73 Å². The van der Waals surface area contributed by atoms with Gasteiger partial charge in [-0.2, -0.15) is 0 Å². The molecule has 0 bridgehead atoms. The first-order valence-electron chi connectivity index (χ1n) is 6.06. The van der Waals surface area contributed by atoms with Crippen LogP contribution in [0.2, 0.25) is 5.02 Å². The number of benzene rings is 2. The second-order valence-corrected chi connectivity index (χ2v) is 5.68. The Bertz CT molecular complexity index is 692. The fourth-order valence-electron chi connectivity index (χ4n) is 1.80. The minimum absolute atomic E-state index is 0.128. The molecule has 0 heterocycles. The number of hydrogen-bond donors (Lipinski definition) is 1. The van der Waals surface area contributed by atoms with Crippen LogP contribution < -0.4 is 10.5 Å². The van der Waals surface area contributed by atoms with Crippen molar-refractivity contribution in [2.45, 2.75) is 13.0 Å². The monoisotopic (exact) mass is 370 g/mol. The molecule has 0 fully saturated rings. The molecule has 110 valence electrons. The number of hydrogen-bond acceptors (Lipinski definition) is 4. The number of halogens is 2. The van der Waals surface area contributed by atoms with Crippen molar-refractivity contribution in [3.8, 4) is 11.5 Å². The summed E-state index contributed by atoms with van der Waals surface area (Å²) < 4.78 is 6.09. The zero-order chi connectivity index (χ0) is 15.6. The largest absolute Gasteiger partial charge is 0.449 e. The van der Waals surface area contributed by atoms with Gasteiger partial charge in [-0.1, -0.05) is 23.7 Å². The molecule has 0 aliphatic heterocycles. The fourth-order valence-corrected chi connectivity index (χ4v) is 2.58. The van der Waals surface area contributed by atoms with Gasteiger partial charge in [-0.15, -0.1) is 0 Å². The predicted octanol–water partition coefficient (Wildman–Crippen LogP) is 4.82. The molecule has 0 amide bonds. The zero-order valence-electron chi connectivity index (χ0n) is 11.0. The summed E-state index contributed by atoms with van der Waals surface area (Å²) in [6.45, 7) is 1.82. The molecule has 0 aliphatic carbocycles. The van der Waals surface area contributed by atoms with Crippen LogP contribution in [0.4, 0.5) is 5.69 Å². The van der Waals surface area contributed by atoms with Gasteiger partial charge in [0, 0.05) is 17.1 Å². The lowest BCUT2D eigenvalue weighted by Crippen LogP contribution is -2.05. The van der Waals surface area contributed by atoms with E-state index in [0.29, 0.717) is 15.2 Å². The molecule has 0 radical (unpaired) electrons. The van der Waals surface area contributed by atoms with Gasteiger partial charge in [0.2, 0.25) is 5.75 Å². The van der Waals surface area contributed by atoms with E-state index in [9.17, 15) is 10.1 Å². The number of nitro benzene ring substituents is 1. The van der Waals surface area contributed by atoms with Crippen LogP contribution in [0.25, 0.3) is 0 Å². The highest BCUT2D eigenvalue weighted by Crippen LogP contribution is 2.39. The lowest BCUT2D eigenvalue weighted by atomic mass is 10.1. The quantitative estimate of drug-likeness (QED) is 0.617. The minimum Gasteiger partial charge on any atom is -0.449 e. The van der Waals surface area contributed by atoms with Gasteiger partial charge in [0.25, 0.3) is 0 Å². The summed E-state index contributed by atoms with van der Waals surface area (Å²) in [6, 6.07) is 9.41. The van der Waals surface area contributed by atoms with Crippen LogP contribution >= 0.6 is 27.5 Å². The molecule has 0 spiro atoms. The van der Waals surface area contributed by atoms with Gasteiger partial charge in [0.1, 0.15) is 5.75 Å². The molecule has 0 aliphatic rings. The second-order valence-electron chi connectivity index (χ2n) is 4.42. The number of rotatable bonds is 4. The number of ether oxygens (including phenoxy) is 1. The molecule has 1 atom stereocenters. The highest BCUT2D eigenvalue weighted by atomic mass is 79.9. The lowest BCUT2D eigenvalue weighted by molar-refractivity contribution is -0.385. The average molecular weight is 372 g/mol. The van der Waals surface area contributed by atoms with Crippen molar-refractivity contribution in [3.63, 3.8) is 0 Å². The third-order valence-corrected chi connectivity index (χ3v) is 3.78. The molecule has 0 saturated heterocycles. The Morgan fingerprint density at radius 1 is 1.38 bits per heavy atom. The Morgan fingerprint density at radius 3 is 2.67 bits per heavy atom. The molecule has 2 N–H and O–H groups in total. The van der Waals surface area contributed by atoms with E-state index in [4.69, 9.17) is 22.1 Å². The maximum atomic E-state index is 11.0. The summed E-state index contributed by atoms with van der Waals surface area (Å²) in [5, 5.41) is 11.5. The van der Waals surface area contributed by atoms with Gasteiger partial charge in [-0.05, 0) is 46.6 Å². The highest BCUT2D eigenvalue weighted by molar-refractivity contribution is 9.10. The number of nitrogens with zero attached hydrogens (tertiary/aromatic N) is 1. The Balaban J connectivity index is 2.39. The molecule has 0 aromatic heterocycles. The average Bonchev–Trinajstić information content (AvgIpc) is 2.40. The molecule has 2 rings (SSSR count). The smallest absolute Gasteiger partial charge is 0.312 e. The molecule has 7 heteroatoms. The van der Waals surface area contributed by atoms with E-state index >= 15 is 0 Å². The lowest BCUT2D eigenvalue weighted by Gasteiger charge is -2.12. The van der Waals surface area contributed by atoms with Crippen LogP contribution in [0.5, 0.6) is 11.5 Å². The van der Waals surface area contributed by atoms with Gasteiger partial charge >= 0.3 is 5.69 Å². The minimum atomic E-state index is -0.502. The molecular formula is C14H12BrClN2O3. The van der Waals surface area contributed by atoms with E-state index in [1.54, 1.807) is 30.3 Å².